The number of hydrogen-bond donors (Lipinski definition) is 12. The van der Waals surface area contributed by atoms with Crippen LogP contribution in [0.15, 0.2) is 35.8 Å². The van der Waals surface area contributed by atoms with Gasteiger partial charge in [-0.15, -0.1) is 0 Å². The van der Waals surface area contributed by atoms with E-state index in [0.29, 0.717) is 0 Å². The molecule has 12 N–H and O–H groups in total. The van der Waals surface area contributed by atoms with Crippen LogP contribution in [0.1, 0.15) is 63.7 Å². The van der Waals surface area contributed by atoms with Crippen molar-refractivity contribution in [2.24, 2.45) is 0 Å². The molecule has 28 heteroatoms. The van der Waals surface area contributed by atoms with Crippen LogP contribution in [0.2, 0.25) is 0 Å². The van der Waals surface area contributed by atoms with Crippen molar-refractivity contribution in [3.63, 3.8) is 0 Å². The molecule has 368 valence electrons. The molecule has 0 aliphatic carbocycles. The highest BCUT2D eigenvalue weighted by molar-refractivity contribution is 9.12. The highest BCUT2D eigenvalue weighted by Crippen LogP contribution is 2.48. The Labute approximate surface area is 452 Å². The maximum Gasteiger partial charge on any atom is 0.338 e. The number of aromatic carboxylic acids is 4. The van der Waals surface area contributed by atoms with Gasteiger partial charge in [-0.05, 0) is 127 Å². The molecule has 0 amide bonds. The van der Waals surface area contributed by atoms with Gasteiger partial charge in [0.25, 0.3) is 0 Å². The number of nitrogens with zero attached hydrogens (tertiary/aromatic N) is 4. The molecule has 0 unspecified atom stereocenters. The molecule has 5 rings (SSSR count). The summed E-state index contributed by atoms with van der Waals surface area (Å²) in [6.45, 7) is -0.347. The molecule has 1 fully saturated rings. The molecule has 4 aromatic rings. The van der Waals surface area contributed by atoms with Crippen LogP contribution in [0.5, 0.6) is 46.0 Å². The maximum atomic E-state index is 12.0. The minimum absolute atomic E-state index is 0.0682. The van der Waals surface area contributed by atoms with E-state index in [1.54, 1.807) is 19.6 Å². The van der Waals surface area contributed by atoms with Crippen molar-refractivity contribution in [3.8, 4) is 46.0 Å². The van der Waals surface area contributed by atoms with E-state index in [-0.39, 0.29) is 137 Å². The average molecular weight is 1470 g/mol. The minimum Gasteiger partial charge on any atom is -0.506 e. The Hall–Kier alpha value is -3.16. The van der Waals surface area contributed by atoms with Crippen molar-refractivity contribution in [2.75, 3.05) is 52.4 Å². The molecule has 0 atom stereocenters. The number of carbonyl (C=O) groups is 4. The fraction of sp³-hybridized carbons (Fsp3) is 0.300. The smallest absolute Gasteiger partial charge is 0.338 e. The van der Waals surface area contributed by atoms with Crippen molar-refractivity contribution in [1.29, 1.82) is 0 Å². The number of phenolic OH excluding ortho intramolecular Hbond substituents is 8. The third-order valence-electron chi connectivity index (χ3n) is 11.0. The van der Waals surface area contributed by atoms with Crippen molar-refractivity contribution in [3.05, 3.63) is 80.3 Å². The average Bonchev–Trinajstić information content (AvgIpc) is 3.26. The Bertz CT molecular complexity index is 2250. The Kier molecular flexibility index (Phi) is 18.8. The van der Waals surface area contributed by atoms with Gasteiger partial charge in [0.1, 0.15) is 46.0 Å². The van der Waals surface area contributed by atoms with Crippen molar-refractivity contribution in [2.45, 2.75) is 26.2 Å². The lowest BCUT2D eigenvalue weighted by Crippen LogP contribution is -2.45. The van der Waals surface area contributed by atoms with Gasteiger partial charge in [0.05, 0.1) is 80.3 Å². The zero-order chi connectivity index (χ0) is 51.0. The largest absolute Gasteiger partial charge is 0.506 e. The van der Waals surface area contributed by atoms with Crippen molar-refractivity contribution >= 4 is 151 Å². The first-order chi connectivity index (χ1) is 31.7. The van der Waals surface area contributed by atoms with E-state index >= 15 is 0 Å². The zero-order valence-corrected chi connectivity index (χ0v) is 47.0. The maximum absolute atomic E-state index is 12.0. The summed E-state index contributed by atoms with van der Waals surface area (Å²) >= 11 is 25.0. The van der Waals surface area contributed by atoms with Crippen molar-refractivity contribution in [1.82, 2.24) is 19.6 Å². The summed E-state index contributed by atoms with van der Waals surface area (Å²) in [5.74, 6) is -10.5. The number of benzene rings is 4. The van der Waals surface area contributed by atoms with Gasteiger partial charge in [-0.3, -0.25) is 19.6 Å². The highest BCUT2D eigenvalue weighted by atomic mass is 79.9. The molecule has 0 saturated carbocycles. The third-order valence-corrected chi connectivity index (χ3v) is 17.2. The van der Waals surface area contributed by atoms with Crippen LogP contribution in [-0.2, 0) is 26.2 Å². The fourth-order valence-corrected chi connectivity index (χ4v) is 13.2. The molecular weight excluding hydrogens is 1430 g/mol. The molecule has 1 saturated heterocycles. The first kappa shape index (κ1) is 55.8. The number of halogens is 8. The van der Waals surface area contributed by atoms with E-state index in [1.165, 1.54) is 0 Å². The minimum atomic E-state index is -1.46. The van der Waals surface area contributed by atoms with Crippen LogP contribution in [0.4, 0.5) is 0 Å². The molecule has 0 radical (unpaired) electrons. The summed E-state index contributed by atoms with van der Waals surface area (Å²) in [4.78, 5) is 55.2. The molecule has 0 bridgehead atoms. The molecule has 0 aromatic heterocycles. The summed E-state index contributed by atoms with van der Waals surface area (Å²) in [5.41, 5.74) is -2.14. The second-order valence-corrected chi connectivity index (χ2v) is 21.4. The number of aromatic hydroxyl groups is 8. The molecule has 1 aliphatic rings. The fourth-order valence-electron chi connectivity index (χ4n) is 7.30. The second kappa shape index (κ2) is 22.9. The molecule has 1 heterocycles. The van der Waals surface area contributed by atoms with Crippen LogP contribution in [0, 0.1) is 0 Å². The molecule has 0 spiro atoms. The molecule has 1 aliphatic heterocycles. The van der Waals surface area contributed by atoms with E-state index in [9.17, 15) is 80.5 Å². The van der Waals surface area contributed by atoms with Gasteiger partial charge in [-0.1, -0.05) is 0 Å². The Balaban J connectivity index is 1.65. The van der Waals surface area contributed by atoms with Gasteiger partial charge < -0.3 is 61.3 Å². The lowest BCUT2D eigenvalue weighted by Gasteiger charge is -2.35. The lowest BCUT2D eigenvalue weighted by atomic mass is 10.1. The number of carboxylic acid groups (broad SMARTS) is 4. The number of phenols is 8. The molecule has 68 heavy (non-hydrogen) atoms. The van der Waals surface area contributed by atoms with E-state index in [1.807, 2.05) is 0 Å². The summed E-state index contributed by atoms with van der Waals surface area (Å²) in [6, 6.07) is 0. The zero-order valence-electron chi connectivity index (χ0n) is 34.3. The Morgan fingerprint density at radius 3 is 0.515 bits per heavy atom. The summed E-state index contributed by atoms with van der Waals surface area (Å²) in [7, 11) is 0. The highest BCUT2D eigenvalue weighted by Gasteiger charge is 2.32. The Morgan fingerprint density at radius 2 is 0.412 bits per heavy atom. The summed E-state index contributed by atoms with van der Waals surface area (Å²) in [6.07, 6.45) is 0. The van der Waals surface area contributed by atoms with E-state index in [0.717, 1.165) is 0 Å². The van der Waals surface area contributed by atoms with Crippen molar-refractivity contribution < 1.29 is 80.5 Å². The molecule has 20 nitrogen and oxygen atoms in total. The number of rotatable bonds is 12. The van der Waals surface area contributed by atoms with Gasteiger partial charge in [0.15, 0.2) is 0 Å². The Morgan fingerprint density at radius 1 is 0.294 bits per heavy atom. The predicted octanol–water partition coefficient (Wildman–Crippen LogP) is 8.55. The first-order valence-corrected chi connectivity index (χ1v) is 25.6. The topological polar surface area (TPSA) is 324 Å². The SMILES string of the molecule is O=C(O)c1c(Br)c(O)c(CN2CCN(Cc3c(O)c(Br)c(C(=O)O)c(Br)c3O)CCN(Cc3c(O)c(Br)c(C(=O)O)c(Br)c3O)CCN(Cc3c(O)c(Br)c(C(=O)O)c(Br)c3O)CC2)c(O)c1Br. The van der Waals surface area contributed by atoms with E-state index in [2.05, 4.69) is 127 Å². The third kappa shape index (κ3) is 11.5. The second-order valence-electron chi connectivity index (χ2n) is 15.0. The first-order valence-electron chi connectivity index (χ1n) is 19.2. The van der Waals surface area contributed by atoms with Crippen LogP contribution >= 0.6 is 127 Å². The van der Waals surface area contributed by atoms with Gasteiger partial charge in [0.2, 0.25) is 0 Å². The van der Waals surface area contributed by atoms with Gasteiger partial charge in [-0.25, -0.2) is 19.2 Å². The van der Waals surface area contributed by atoms with Gasteiger partial charge >= 0.3 is 23.9 Å². The van der Waals surface area contributed by atoms with E-state index < -0.39 is 92.1 Å². The monoisotopic (exact) mass is 1460 g/mol. The lowest BCUT2D eigenvalue weighted by molar-refractivity contribution is 0.0683. The number of carboxylic acids is 4. The van der Waals surface area contributed by atoms with Gasteiger partial charge in [0, 0.05) is 78.5 Å². The van der Waals surface area contributed by atoms with E-state index in [4.69, 9.17) is 0 Å². The van der Waals surface area contributed by atoms with Crippen LogP contribution in [-0.4, -0.2) is 157 Å². The normalized spacial score (nSPS) is 14.9. The molecule has 4 aromatic carbocycles. The van der Waals surface area contributed by atoms with Gasteiger partial charge in [-0.2, -0.15) is 0 Å². The summed E-state index contributed by atoms with van der Waals surface area (Å²) < 4.78 is -1.82. The summed E-state index contributed by atoms with van der Waals surface area (Å²) in [5, 5.41) is 129. The number of hydrogen-bond acceptors (Lipinski definition) is 16. The standard InChI is InChI=1S/C40H36Br8N4O16/c41-21-17(37(61)62)22(42)30(54)13(29(21)53)9-49-1-2-50(10-14-31(55)23(43)18(38(63)64)24(44)32(14)56)5-6-52(12-16-35(59)27(47)20(40(67)68)28(48)36(16)60)8-7-51(4-3-49)11-15-33(57)25(45)19(39(65)66)26(46)34(15)58/h53-60H,1-12H2,(H,61,62)(H,63,64)(H,65,66)(H,67,68). The van der Waals surface area contributed by atoms with Crippen LogP contribution in [0.3, 0.4) is 0 Å². The quantitative estimate of drug-likeness (QED) is 0.0632. The van der Waals surface area contributed by atoms with Crippen LogP contribution < -0.4 is 0 Å². The molecular formula is C40H36Br8N4O16. The predicted molar refractivity (Wildman–Crippen MR) is 270 cm³/mol. The van der Waals surface area contributed by atoms with Crippen LogP contribution in [0.25, 0.3) is 0 Å².